The van der Waals surface area contributed by atoms with Crippen LogP contribution in [0.25, 0.3) is 0 Å². The first-order valence-corrected chi connectivity index (χ1v) is 7.33. The summed E-state index contributed by atoms with van der Waals surface area (Å²) >= 11 is 5.99. The zero-order valence-corrected chi connectivity index (χ0v) is 12.8. The van der Waals surface area contributed by atoms with Crippen LogP contribution in [0.4, 0.5) is 5.82 Å². The maximum Gasteiger partial charge on any atom is 0.271 e. The smallest absolute Gasteiger partial charge is 0.271 e. The Morgan fingerprint density at radius 3 is 2.85 bits per heavy atom. The molecule has 0 saturated carbocycles. The quantitative estimate of drug-likeness (QED) is 0.688. The number of unbranched alkanes of at least 4 members (excludes halogenated alkanes) is 1. The second-order valence-corrected chi connectivity index (χ2v) is 4.69. The van der Waals surface area contributed by atoms with E-state index in [1.807, 2.05) is 6.92 Å². The van der Waals surface area contributed by atoms with Gasteiger partial charge in [0.05, 0.1) is 11.6 Å². The minimum absolute atomic E-state index is 0.235. The summed E-state index contributed by atoms with van der Waals surface area (Å²) in [6, 6.07) is 3.41. The molecule has 6 heteroatoms. The van der Waals surface area contributed by atoms with Gasteiger partial charge in [0.1, 0.15) is 11.5 Å². The number of ether oxygens (including phenoxy) is 1. The predicted molar refractivity (Wildman–Crippen MR) is 81.5 cm³/mol. The van der Waals surface area contributed by atoms with Crippen LogP contribution in [0.15, 0.2) is 12.1 Å². The van der Waals surface area contributed by atoms with E-state index < -0.39 is 0 Å². The maximum atomic E-state index is 12.0. The van der Waals surface area contributed by atoms with Crippen LogP contribution in [-0.2, 0) is 4.74 Å². The van der Waals surface area contributed by atoms with E-state index in [-0.39, 0.29) is 11.6 Å². The third-order valence-corrected chi connectivity index (χ3v) is 2.90. The first-order chi connectivity index (χ1) is 9.69. The Morgan fingerprint density at radius 1 is 1.35 bits per heavy atom. The van der Waals surface area contributed by atoms with Crippen LogP contribution < -0.4 is 10.6 Å². The maximum absolute atomic E-state index is 12.0. The van der Waals surface area contributed by atoms with Gasteiger partial charge in [-0.05, 0) is 25.5 Å². The fourth-order valence-electron chi connectivity index (χ4n) is 1.55. The third-order valence-electron chi connectivity index (χ3n) is 2.59. The number of aromatic nitrogens is 1. The van der Waals surface area contributed by atoms with Gasteiger partial charge < -0.3 is 15.4 Å². The van der Waals surface area contributed by atoms with Gasteiger partial charge in [-0.15, -0.1) is 0 Å². The van der Waals surface area contributed by atoms with Crippen molar-refractivity contribution in [3.8, 4) is 0 Å². The molecule has 20 heavy (non-hydrogen) atoms. The summed E-state index contributed by atoms with van der Waals surface area (Å²) in [5, 5.41) is 6.14. The van der Waals surface area contributed by atoms with Gasteiger partial charge in [-0.2, -0.15) is 0 Å². The highest BCUT2D eigenvalue weighted by Gasteiger charge is 2.12. The topological polar surface area (TPSA) is 63.2 Å². The highest BCUT2D eigenvalue weighted by atomic mass is 35.5. The molecule has 1 rings (SSSR count). The summed E-state index contributed by atoms with van der Waals surface area (Å²) in [5.41, 5.74) is 0.235. The summed E-state index contributed by atoms with van der Waals surface area (Å²) in [4.78, 5) is 16.2. The molecule has 1 aromatic rings. The number of pyridine rings is 1. The molecule has 1 heterocycles. The van der Waals surface area contributed by atoms with Crippen LogP contribution in [-0.4, -0.2) is 37.2 Å². The van der Waals surface area contributed by atoms with Gasteiger partial charge in [0.25, 0.3) is 5.91 Å². The van der Waals surface area contributed by atoms with Crippen molar-refractivity contribution < 1.29 is 9.53 Å². The fourth-order valence-corrected chi connectivity index (χ4v) is 1.74. The summed E-state index contributed by atoms with van der Waals surface area (Å²) in [7, 11) is 0. The normalized spacial score (nSPS) is 10.3. The second-order valence-electron chi connectivity index (χ2n) is 4.28. The Kier molecular flexibility index (Phi) is 7.99. The van der Waals surface area contributed by atoms with E-state index in [9.17, 15) is 4.79 Å². The molecule has 5 nitrogen and oxygen atoms in total. The summed E-state index contributed by atoms with van der Waals surface area (Å²) in [5.74, 6) is 0.357. The van der Waals surface area contributed by atoms with Gasteiger partial charge in [-0.25, -0.2) is 4.98 Å². The van der Waals surface area contributed by atoms with E-state index in [4.69, 9.17) is 16.3 Å². The van der Waals surface area contributed by atoms with Crippen LogP contribution >= 0.6 is 11.6 Å². The molecule has 0 bridgehead atoms. The summed E-state index contributed by atoms with van der Waals surface area (Å²) in [6.45, 7) is 6.48. The number of rotatable bonds is 9. The summed E-state index contributed by atoms with van der Waals surface area (Å²) < 4.78 is 5.37. The first kappa shape index (κ1) is 16.7. The van der Waals surface area contributed by atoms with Crippen molar-refractivity contribution in [1.82, 2.24) is 10.3 Å². The highest BCUT2D eigenvalue weighted by Crippen LogP contribution is 2.16. The molecular weight excluding hydrogens is 278 g/mol. The monoisotopic (exact) mass is 299 g/mol. The standard InChI is InChI=1S/C14H22ClN3O2/c1-3-5-9-20-10-8-17-14(19)13-11(15)6-7-12(18-13)16-4-2/h6-7H,3-5,8-10H2,1-2H3,(H,16,18)(H,17,19). The third kappa shape index (κ3) is 5.75. The van der Waals surface area contributed by atoms with E-state index in [2.05, 4.69) is 22.5 Å². The lowest BCUT2D eigenvalue weighted by Gasteiger charge is -2.09. The van der Waals surface area contributed by atoms with Crippen LogP contribution in [0.5, 0.6) is 0 Å². The lowest BCUT2D eigenvalue weighted by Crippen LogP contribution is -2.28. The van der Waals surface area contributed by atoms with Crippen molar-refractivity contribution >= 4 is 23.3 Å². The number of nitrogens with one attached hydrogen (secondary N) is 2. The van der Waals surface area contributed by atoms with Crippen molar-refractivity contribution in [1.29, 1.82) is 0 Å². The average Bonchev–Trinajstić information content (AvgIpc) is 2.45. The molecule has 1 aromatic heterocycles. The molecule has 0 spiro atoms. The molecule has 0 radical (unpaired) electrons. The lowest BCUT2D eigenvalue weighted by molar-refractivity contribution is 0.0908. The Balaban J connectivity index is 2.44. The predicted octanol–water partition coefficient (Wildman–Crippen LogP) is 2.71. The van der Waals surface area contributed by atoms with E-state index in [0.29, 0.717) is 24.0 Å². The Labute approximate surface area is 125 Å². The minimum Gasteiger partial charge on any atom is -0.380 e. The van der Waals surface area contributed by atoms with Gasteiger partial charge in [0, 0.05) is 19.7 Å². The summed E-state index contributed by atoms with van der Waals surface area (Å²) in [6.07, 6.45) is 2.13. The number of nitrogens with zero attached hydrogens (tertiary/aromatic N) is 1. The Bertz CT molecular complexity index is 427. The number of carbonyl (C=O) groups excluding carboxylic acids is 1. The van der Waals surface area contributed by atoms with Crippen molar-refractivity contribution in [3.63, 3.8) is 0 Å². The van der Waals surface area contributed by atoms with Gasteiger partial charge in [0.2, 0.25) is 0 Å². The van der Waals surface area contributed by atoms with Crippen LogP contribution in [0, 0.1) is 0 Å². The fraction of sp³-hybridized carbons (Fsp3) is 0.571. The second kappa shape index (κ2) is 9.55. The number of carbonyl (C=O) groups is 1. The van der Waals surface area contributed by atoms with Crippen LogP contribution in [0.2, 0.25) is 5.02 Å². The average molecular weight is 300 g/mol. The van der Waals surface area contributed by atoms with Crippen molar-refractivity contribution in [2.45, 2.75) is 26.7 Å². The molecule has 2 N–H and O–H groups in total. The highest BCUT2D eigenvalue weighted by molar-refractivity contribution is 6.33. The zero-order valence-electron chi connectivity index (χ0n) is 12.0. The van der Waals surface area contributed by atoms with Gasteiger partial charge in [0.15, 0.2) is 0 Å². The SMILES string of the molecule is CCCCOCCNC(=O)c1nc(NCC)ccc1Cl. The van der Waals surface area contributed by atoms with E-state index in [0.717, 1.165) is 26.0 Å². The molecule has 1 amide bonds. The molecule has 0 aromatic carbocycles. The molecule has 0 atom stereocenters. The van der Waals surface area contributed by atoms with Gasteiger partial charge in [-0.1, -0.05) is 24.9 Å². The minimum atomic E-state index is -0.283. The molecule has 0 fully saturated rings. The Hall–Kier alpha value is -1.33. The molecular formula is C14H22ClN3O2. The molecule has 0 aliphatic rings. The van der Waals surface area contributed by atoms with Crippen molar-refractivity contribution in [3.05, 3.63) is 22.8 Å². The molecule has 0 saturated heterocycles. The number of hydrogen-bond donors (Lipinski definition) is 2. The molecule has 0 aliphatic heterocycles. The number of hydrogen-bond acceptors (Lipinski definition) is 4. The van der Waals surface area contributed by atoms with Gasteiger partial charge >= 0.3 is 0 Å². The number of halogens is 1. The largest absolute Gasteiger partial charge is 0.380 e. The first-order valence-electron chi connectivity index (χ1n) is 6.95. The van der Waals surface area contributed by atoms with Crippen LogP contribution in [0.1, 0.15) is 37.2 Å². The zero-order chi connectivity index (χ0) is 14.8. The van der Waals surface area contributed by atoms with E-state index in [1.54, 1.807) is 12.1 Å². The van der Waals surface area contributed by atoms with Gasteiger partial charge in [-0.3, -0.25) is 4.79 Å². The lowest BCUT2D eigenvalue weighted by atomic mass is 10.3. The molecule has 112 valence electrons. The molecule has 0 unspecified atom stereocenters. The van der Waals surface area contributed by atoms with Crippen LogP contribution in [0.3, 0.4) is 0 Å². The van der Waals surface area contributed by atoms with Crippen molar-refractivity contribution in [2.75, 3.05) is 31.6 Å². The molecule has 0 aliphatic carbocycles. The number of anilines is 1. The number of amides is 1. The van der Waals surface area contributed by atoms with E-state index >= 15 is 0 Å². The van der Waals surface area contributed by atoms with Crippen molar-refractivity contribution in [2.24, 2.45) is 0 Å². The van der Waals surface area contributed by atoms with E-state index in [1.165, 1.54) is 0 Å². The Morgan fingerprint density at radius 2 is 2.15 bits per heavy atom.